The molecule has 0 saturated heterocycles. The third-order valence-electron chi connectivity index (χ3n) is 4.76. The molecule has 4 rings (SSSR count). The van der Waals surface area contributed by atoms with Crippen molar-refractivity contribution in [2.45, 2.75) is 33.1 Å². The summed E-state index contributed by atoms with van der Waals surface area (Å²) in [5.74, 6) is 0.545. The first-order valence-electron chi connectivity index (χ1n) is 9.73. The molecular formula is C21H20F3N7O. The summed E-state index contributed by atoms with van der Waals surface area (Å²) in [6, 6.07) is 8.66. The number of aromatic nitrogens is 7. The Hall–Kier alpha value is -3.76. The summed E-state index contributed by atoms with van der Waals surface area (Å²) < 4.78 is 48.3. The van der Waals surface area contributed by atoms with Gasteiger partial charge in [0.15, 0.2) is 0 Å². The van der Waals surface area contributed by atoms with Crippen molar-refractivity contribution in [3.63, 3.8) is 0 Å². The topological polar surface area (TPSA) is 83.5 Å². The quantitative estimate of drug-likeness (QED) is 0.453. The number of hydrogen-bond donors (Lipinski definition) is 0. The average Bonchev–Trinajstić information content (AvgIpc) is 3.29. The Kier molecular flexibility index (Phi) is 5.64. The lowest BCUT2D eigenvalue weighted by Gasteiger charge is -2.12. The maximum Gasteiger partial charge on any atom is 0.416 e. The Balaban J connectivity index is 1.68. The van der Waals surface area contributed by atoms with Crippen molar-refractivity contribution in [1.82, 2.24) is 34.7 Å². The minimum Gasteiger partial charge on any atom is -0.471 e. The van der Waals surface area contributed by atoms with Gasteiger partial charge in [-0.05, 0) is 31.5 Å². The van der Waals surface area contributed by atoms with Crippen molar-refractivity contribution >= 4 is 0 Å². The summed E-state index contributed by atoms with van der Waals surface area (Å²) in [7, 11) is 1.74. The largest absolute Gasteiger partial charge is 0.471 e. The SMILES string of the molecule is Cc1cc(C)n(-c2nc(Cc3cccc(C(F)(F)F)c3)cc(OCc3cnnn3C)n2)n1. The fraction of sp³-hybridized carbons (Fsp3) is 0.286. The van der Waals surface area contributed by atoms with Crippen molar-refractivity contribution in [1.29, 1.82) is 0 Å². The van der Waals surface area contributed by atoms with Crippen LogP contribution < -0.4 is 4.74 Å². The van der Waals surface area contributed by atoms with E-state index in [0.717, 1.165) is 29.2 Å². The lowest BCUT2D eigenvalue weighted by Crippen LogP contribution is -2.10. The number of halogens is 3. The van der Waals surface area contributed by atoms with Crippen LogP contribution >= 0.6 is 0 Å². The Morgan fingerprint density at radius 2 is 1.88 bits per heavy atom. The van der Waals surface area contributed by atoms with Gasteiger partial charge in [0, 0.05) is 25.2 Å². The van der Waals surface area contributed by atoms with E-state index in [9.17, 15) is 13.2 Å². The Morgan fingerprint density at radius 1 is 1.06 bits per heavy atom. The van der Waals surface area contributed by atoms with E-state index in [2.05, 4.69) is 25.4 Å². The van der Waals surface area contributed by atoms with Crippen LogP contribution in [0, 0.1) is 13.8 Å². The number of nitrogens with zero attached hydrogens (tertiary/aromatic N) is 7. The highest BCUT2D eigenvalue weighted by Crippen LogP contribution is 2.30. The number of aryl methyl sites for hydroxylation is 3. The molecule has 3 aromatic heterocycles. The molecule has 1 aromatic carbocycles. The van der Waals surface area contributed by atoms with Crippen LogP contribution in [-0.4, -0.2) is 34.7 Å². The summed E-state index contributed by atoms with van der Waals surface area (Å²) in [5.41, 5.74) is 2.61. The first kappa shape index (κ1) is 21.5. The van der Waals surface area contributed by atoms with E-state index in [-0.39, 0.29) is 24.9 Å². The van der Waals surface area contributed by atoms with Gasteiger partial charge >= 0.3 is 6.18 Å². The molecule has 4 aromatic rings. The van der Waals surface area contributed by atoms with E-state index in [1.54, 1.807) is 34.7 Å². The predicted molar refractivity (Wildman–Crippen MR) is 108 cm³/mol. The maximum absolute atomic E-state index is 13.1. The molecule has 32 heavy (non-hydrogen) atoms. The molecule has 0 N–H and O–H groups in total. The van der Waals surface area contributed by atoms with E-state index < -0.39 is 11.7 Å². The van der Waals surface area contributed by atoms with E-state index >= 15 is 0 Å². The van der Waals surface area contributed by atoms with E-state index in [1.165, 1.54) is 6.07 Å². The Morgan fingerprint density at radius 3 is 2.53 bits per heavy atom. The molecule has 0 radical (unpaired) electrons. The monoisotopic (exact) mass is 443 g/mol. The number of ether oxygens (including phenoxy) is 1. The molecule has 0 aliphatic carbocycles. The maximum atomic E-state index is 13.1. The second-order valence-electron chi connectivity index (χ2n) is 7.35. The summed E-state index contributed by atoms with van der Waals surface area (Å²) >= 11 is 0. The van der Waals surface area contributed by atoms with Gasteiger partial charge in [-0.3, -0.25) is 0 Å². The van der Waals surface area contributed by atoms with Crippen LogP contribution in [0.3, 0.4) is 0 Å². The number of alkyl halides is 3. The van der Waals surface area contributed by atoms with Crippen molar-refractivity contribution in [3.05, 3.63) is 76.5 Å². The number of rotatable bonds is 6. The predicted octanol–water partition coefficient (Wildman–Crippen LogP) is 3.60. The molecule has 0 bridgehead atoms. The first-order chi connectivity index (χ1) is 15.2. The molecule has 0 atom stereocenters. The van der Waals surface area contributed by atoms with Crippen molar-refractivity contribution < 1.29 is 17.9 Å². The molecular weight excluding hydrogens is 423 g/mol. The van der Waals surface area contributed by atoms with E-state index in [4.69, 9.17) is 4.74 Å². The summed E-state index contributed by atoms with van der Waals surface area (Å²) in [6.07, 6.45) is -2.67. The molecule has 0 saturated carbocycles. The van der Waals surface area contributed by atoms with Crippen LogP contribution in [0.25, 0.3) is 5.95 Å². The smallest absolute Gasteiger partial charge is 0.416 e. The van der Waals surface area contributed by atoms with E-state index in [0.29, 0.717) is 11.3 Å². The highest BCUT2D eigenvalue weighted by Gasteiger charge is 2.30. The van der Waals surface area contributed by atoms with Crippen molar-refractivity contribution in [2.75, 3.05) is 0 Å². The highest BCUT2D eigenvalue weighted by molar-refractivity contribution is 5.32. The molecule has 11 heteroatoms. The standard InChI is InChI=1S/C21H20F3N7O/c1-13-7-14(2)31(28-13)20-26-17(9-15-5-4-6-16(8-15)21(22,23)24)10-19(27-20)32-12-18-11-25-29-30(18)3/h4-8,10-11H,9,12H2,1-3H3. The van der Waals surface area contributed by atoms with Crippen LogP contribution in [0.1, 0.15) is 33.9 Å². The minimum absolute atomic E-state index is 0.167. The van der Waals surface area contributed by atoms with Crippen LogP contribution in [-0.2, 0) is 26.3 Å². The molecule has 0 fully saturated rings. The summed E-state index contributed by atoms with van der Waals surface area (Å²) in [5, 5.41) is 12.1. The van der Waals surface area contributed by atoms with Crippen LogP contribution in [0.15, 0.2) is 42.6 Å². The van der Waals surface area contributed by atoms with Gasteiger partial charge in [-0.15, -0.1) is 5.10 Å². The zero-order chi connectivity index (χ0) is 22.9. The second-order valence-corrected chi connectivity index (χ2v) is 7.35. The minimum atomic E-state index is -4.41. The third-order valence-corrected chi connectivity index (χ3v) is 4.76. The second kappa shape index (κ2) is 8.40. The molecule has 3 heterocycles. The molecule has 0 aliphatic rings. The molecule has 0 unspecified atom stereocenters. The molecule has 0 aliphatic heterocycles. The zero-order valence-corrected chi connectivity index (χ0v) is 17.6. The van der Waals surface area contributed by atoms with Crippen molar-refractivity contribution in [3.8, 4) is 11.8 Å². The van der Waals surface area contributed by atoms with Crippen LogP contribution in [0.5, 0.6) is 5.88 Å². The fourth-order valence-corrected chi connectivity index (χ4v) is 3.21. The van der Waals surface area contributed by atoms with Gasteiger partial charge in [-0.2, -0.15) is 23.3 Å². The van der Waals surface area contributed by atoms with Gasteiger partial charge in [-0.25, -0.2) is 14.3 Å². The molecule has 166 valence electrons. The summed E-state index contributed by atoms with van der Waals surface area (Å²) in [6.45, 7) is 3.88. The van der Waals surface area contributed by atoms with Gasteiger partial charge in [-0.1, -0.05) is 23.4 Å². The van der Waals surface area contributed by atoms with Crippen LogP contribution in [0.4, 0.5) is 13.2 Å². The van der Waals surface area contributed by atoms with Gasteiger partial charge in [0.1, 0.15) is 6.61 Å². The van der Waals surface area contributed by atoms with Crippen LogP contribution in [0.2, 0.25) is 0 Å². The zero-order valence-electron chi connectivity index (χ0n) is 17.6. The number of benzene rings is 1. The highest BCUT2D eigenvalue weighted by atomic mass is 19.4. The Labute approximate surface area is 181 Å². The van der Waals surface area contributed by atoms with Gasteiger partial charge in [0.25, 0.3) is 5.95 Å². The van der Waals surface area contributed by atoms with E-state index in [1.807, 2.05) is 19.9 Å². The van der Waals surface area contributed by atoms with Gasteiger partial charge in [0.05, 0.1) is 28.8 Å². The molecule has 0 amide bonds. The van der Waals surface area contributed by atoms with Gasteiger partial charge in [0.2, 0.25) is 5.88 Å². The molecule has 8 nitrogen and oxygen atoms in total. The Bertz CT molecular complexity index is 1250. The van der Waals surface area contributed by atoms with Crippen molar-refractivity contribution in [2.24, 2.45) is 7.05 Å². The van der Waals surface area contributed by atoms with Gasteiger partial charge < -0.3 is 4.74 Å². The average molecular weight is 443 g/mol. The fourth-order valence-electron chi connectivity index (χ4n) is 3.21. The first-order valence-corrected chi connectivity index (χ1v) is 9.73. The molecule has 0 spiro atoms. The third kappa shape index (κ3) is 4.76. The number of hydrogen-bond acceptors (Lipinski definition) is 6. The normalized spacial score (nSPS) is 11.7. The summed E-state index contributed by atoms with van der Waals surface area (Å²) in [4.78, 5) is 8.97. The lowest BCUT2D eigenvalue weighted by atomic mass is 10.1. The lowest BCUT2D eigenvalue weighted by molar-refractivity contribution is -0.137.